The van der Waals surface area contributed by atoms with E-state index in [1.54, 1.807) is 18.2 Å². The minimum atomic E-state index is -0.431. The molecule has 3 unspecified atom stereocenters. The van der Waals surface area contributed by atoms with Crippen LogP contribution in [0.25, 0.3) is 0 Å². The molecule has 0 bridgehead atoms. The van der Waals surface area contributed by atoms with E-state index in [2.05, 4.69) is 28.1 Å². The highest BCUT2D eigenvalue weighted by Gasteiger charge is 2.57. The summed E-state index contributed by atoms with van der Waals surface area (Å²) in [6.07, 6.45) is 2.07. The molecule has 0 aliphatic heterocycles. The highest BCUT2D eigenvalue weighted by molar-refractivity contribution is 9.10. The lowest BCUT2D eigenvalue weighted by Gasteiger charge is -2.13. The van der Waals surface area contributed by atoms with Gasteiger partial charge in [-0.25, -0.2) is 4.39 Å². The summed E-state index contributed by atoms with van der Waals surface area (Å²) in [5.41, 5.74) is 2.87. The van der Waals surface area contributed by atoms with E-state index in [1.165, 1.54) is 11.1 Å². The van der Waals surface area contributed by atoms with E-state index in [0.717, 1.165) is 12.8 Å². The standard InChI is InChI=1S/C18H14BrFO/c19-14-7-3-6-13(17(14)20)18(21)16-12-9-8-10-4-1-2-5-11(10)15(12)16/h1-7,12,15-16H,8-9H2. The zero-order chi connectivity index (χ0) is 14.6. The Kier molecular flexibility index (Phi) is 3.00. The van der Waals surface area contributed by atoms with E-state index < -0.39 is 5.82 Å². The third kappa shape index (κ3) is 1.98. The zero-order valence-electron chi connectivity index (χ0n) is 11.4. The Hall–Kier alpha value is -1.48. The Labute approximate surface area is 131 Å². The molecular formula is C18H14BrFO. The van der Waals surface area contributed by atoms with Crippen LogP contribution in [-0.2, 0) is 6.42 Å². The van der Waals surface area contributed by atoms with Gasteiger partial charge < -0.3 is 0 Å². The van der Waals surface area contributed by atoms with Crippen LogP contribution in [-0.4, -0.2) is 5.78 Å². The quantitative estimate of drug-likeness (QED) is 0.718. The number of hydrogen-bond acceptors (Lipinski definition) is 1. The van der Waals surface area contributed by atoms with Crippen molar-refractivity contribution >= 4 is 21.7 Å². The molecule has 0 N–H and O–H groups in total. The maximum atomic E-state index is 14.1. The molecule has 1 saturated carbocycles. The number of rotatable bonds is 2. The first kappa shape index (κ1) is 13.2. The van der Waals surface area contributed by atoms with Gasteiger partial charge in [-0.2, -0.15) is 0 Å². The molecule has 0 spiro atoms. The molecule has 21 heavy (non-hydrogen) atoms. The number of ketones is 1. The molecule has 3 heteroatoms. The number of carbonyl (C=O) groups excluding carboxylic acids is 1. The lowest BCUT2D eigenvalue weighted by atomic mass is 9.92. The van der Waals surface area contributed by atoms with Crippen molar-refractivity contribution in [2.24, 2.45) is 11.8 Å². The van der Waals surface area contributed by atoms with Crippen LogP contribution in [0.15, 0.2) is 46.9 Å². The second kappa shape index (κ2) is 4.77. The Morgan fingerprint density at radius 1 is 1.14 bits per heavy atom. The largest absolute Gasteiger partial charge is 0.294 e. The molecule has 1 fully saturated rings. The van der Waals surface area contributed by atoms with E-state index in [-0.39, 0.29) is 17.3 Å². The molecule has 0 heterocycles. The summed E-state index contributed by atoms with van der Waals surface area (Å²) in [7, 11) is 0. The number of benzene rings is 2. The van der Waals surface area contributed by atoms with E-state index in [4.69, 9.17) is 0 Å². The third-order valence-electron chi connectivity index (χ3n) is 4.85. The van der Waals surface area contributed by atoms with Crippen molar-refractivity contribution in [2.45, 2.75) is 18.8 Å². The van der Waals surface area contributed by atoms with Gasteiger partial charge in [-0.15, -0.1) is 0 Å². The van der Waals surface area contributed by atoms with Gasteiger partial charge in [0.05, 0.1) is 10.0 Å². The molecule has 4 rings (SSSR count). The number of halogens is 2. The molecule has 0 radical (unpaired) electrons. The van der Waals surface area contributed by atoms with Crippen molar-refractivity contribution in [3.05, 3.63) is 69.4 Å². The Morgan fingerprint density at radius 2 is 1.95 bits per heavy atom. The van der Waals surface area contributed by atoms with E-state index in [9.17, 15) is 9.18 Å². The van der Waals surface area contributed by atoms with E-state index in [0.29, 0.717) is 16.3 Å². The SMILES string of the molecule is O=C(c1cccc(Br)c1F)C1C2CCc3ccccc3C21. The molecule has 106 valence electrons. The van der Waals surface area contributed by atoms with Gasteiger partial charge >= 0.3 is 0 Å². The molecular weight excluding hydrogens is 331 g/mol. The summed E-state index contributed by atoms with van der Waals surface area (Å²) in [6.45, 7) is 0. The summed E-state index contributed by atoms with van der Waals surface area (Å²) < 4.78 is 14.5. The molecule has 0 aromatic heterocycles. The fourth-order valence-electron chi connectivity index (χ4n) is 3.80. The van der Waals surface area contributed by atoms with Crippen LogP contribution >= 0.6 is 15.9 Å². The van der Waals surface area contributed by atoms with Crippen LogP contribution < -0.4 is 0 Å². The van der Waals surface area contributed by atoms with Gasteiger partial charge in [0.15, 0.2) is 5.78 Å². The molecule has 0 amide bonds. The predicted molar refractivity (Wildman–Crippen MR) is 82.9 cm³/mol. The predicted octanol–water partition coefficient (Wildman–Crippen LogP) is 4.75. The van der Waals surface area contributed by atoms with Crippen LogP contribution in [0.5, 0.6) is 0 Å². The lowest BCUT2D eigenvalue weighted by Crippen LogP contribution is -2.07. The fourth-order valence-corrected chi connectivity index (χ4v) is 4.16. The van der Waals surface area contributed by atoms with Crippen LogP contribution in [0, 0.1) is 17.7 Å². The first-order chi connectivity index (χ1) is 10.2. The van der Waals surface area contributed by atoms with Crippen molar-refractivity contribution in [1.29, 1.82) is 0 Å². The molecule has 3 atom stereocenters. The Bertz CT molecular complexity index is 740. The Morgan fingerprint density at radius 3 is 2.81 bits per heavy atom. The van der Waals surface area contributed by atoms with Gasteiger partial charge in [0.25, 0.3) is 0 Å². The normalized spacial score (nSPS) is 25.9. The summed E-state index contributed by atoms with van der Waals surface area (Å²) >= 11 is 3.16. The Balaban J connectivity index is 1.68. The molecule has 2 aliphatic rings. The van der Waals surface area contributed by atoms with Crippen molar-refractivity contribution in [1.82, 2.24) is 0 Å². The average molecular weight is 345 g/mol. The molecule has 2 aromatic rings. The maximum absolute atomic E-state index is 14.1. The van der Waals surface area contributed by atoms with Gasteiger partial charge in [-0.1, -0.05) is 30.3 Å². The van der Waals surface area contributed by atoms with Crippen molar-refractivity contribution in [3.63, 3.8) is 0 Å². The zero-order valence-corrected chi connectivity index (χ0v) is 12.9. The maximum Gasteiger partial charge on any atom is 0.169 e. The van der Waals surface area contributed by atoms with Gasteiger partial charge in [0.2, 0.25) is 0 Å². The van der Waals surface area contributed by atoms with Crippen molar-refractivity contribution in [2.75, 3.05) is 0 Å². The summed E-state index contributed by atoms with van der Waals surface area (Å²) in [5, 5.41) is 0. The van der Waals surface area contributed by atoms with Gasteiger partial charge in [-0.05, 0) is 63.9 Å². The third-order valence-corrected chi connectivity index (χ3v) is 5.46. The van der Waals surface area contributed by atoms with Crippen LogP contribution in [0.4, 0.5) is 4.39 Å². The number of Topliss-reactive ketones (excluding diaryl/α,β-unsaturated/α-hetero) is 1. The highest BCUT2D eigenvalue weighted by atomic mass is 79.9. The first-order valence-electron chi connectivity index (χ1n) is 7.24. The molecule has 2 aromatic carbocycles. The van der Waals surface area contributed by atoms with Crippen molar-refractivity contribution < 1.29 is 9.18 Å². The monoisotopic (exact) mass is 344 g/mol. The van der Waals surface area contributed by atoms with E-state index >= 15 is 0 Å². The topological polar surface area (TPSA) is 17.1 Å². The van der Waals surface area contributed by atoms with Crippen LogP contribution in [0.1, 0.15) is 33.8 Å². The van der Waals surface area contributed by atoms with Crippen LogP contribution in [0.2, 0.25) is 0 Å². The summed E-state index contributed by atoms with van der Waals surface area (Å²) in [5.74, 6) is 0.170. The molecule has 1 nitrogen and oxygen atoms in total. The second-order valence-electron chi connectivity index (χ2n) is 5.92. The number of carbonyl (C=O) groups is 1. The number of aryl methyl sites for hydroxylation is 1. The minimum absolute atomic E-state index is 0.0412. The summed E-state index contributed by atoms with van der Waals surface area (Å²) in [4.78, 5) is 12.7. The molecule has 2 aliphatic carbocycles. The lowest BCUT2D eigenvalue weighted by molar-refractivity contribution is 0.0955. The van der Waals surface area contributed by atoms with Crippen LogP contribution in [0.3, 0.4) is 0 Å². The highest BCUT2D eigenvalue weighted by Crippen LogP contribution is 2.60. The molecule has 0 saturated heterocycles. The first-order valence-corrected chi connectivity index (χ1v) is 8.04. The van der Waals surface area contributed by atoms with E-state index in [1.807, 2.05) is 12.1 Å². The smallest absolute Gasteiger partial charge is 0.169 e. The second-order valence-corrected chi connectivity index (χ2v) is 6.77. The summed E-state index contributed by atoms with van der Waals surface area (Å²) in [6, 6.07) is 13.3. The van der Waals surface area contributed by atoms with Gasteiger partial charge in [-0.3, -0.25) is 4.79 Å². The minimum Gasteiger partial charge on any atom is -0.294 e. The number of fused-ring (bicyclic) bond motifs is 3. The number of hydrogen-bond donors (Lipinski definition) is 0. The fraction of sp³-hybridized carbons (Fsp3) is 0.278. The van der Waals surface area contributed by atoms with Crippen molar-refractivity contribution in [3.8, 4) is 0 Å². The average Bonchev–Trinajstić information content (AvgIpc) is 3.24. The van der Waals surface area contributed by atoms with Gasteiger partial charge in [0.1, 0.15) is 5.82 Å². The van der Waals surface area contributed by atoms with Gasteiger partial charge in [0, 0.05) is 5.92 Å².